The summed E-state index contributed by atoms with van der Waals surface area (Å²) in [4.78, 5) is 0. The molecule has 2 aliphatic heterocycles. The average Bonchev–Trinajstić information content (AvgIpc) is 3.29. The van der Waals surface area contributed by atoms with Gasteiger partial charge in [-0.25, -0.2) is 9.36 Å². The fourth-order valence-corrected chi connectivity index (χ4v) is 3.88. The van der Waals surface area contributed by atoms with Crippen LogP contribution in [0.1, 0.15) is 12.8 Å². The molecule has 1 fully saturated rings. The number of nitrogens with one attached hydrogen (secondary N) is 2. The van der Waals surface area contributed by atoms with Crippen LogP contribution in [0.15, 0.2) is 42.7 Å². The highest BCUT2D eigenvalue weighted by atomic mass is 16.3. The number of allylic oxidation sites excluding steroid dienone is 1. The molecule has 128 valence electrons. The van der Waals surface area contributed by atoms with E-state index in [1.165, 1.54) is 0 Å². The largest absolute Gasteiger partial charge is 0.370 e. The van der Waals surface area contributed by atoms with Gasteiger partial charge in [-0.2, -0.15) is 10.2 Å². The topological polar surface area (TPSA) is 79.9 Å². The van der Waals surface area contributed by atoms with Crippen molar-refractivity contribution in [1.82, 2.24) is 24.9 Å². The van der Waals surface area contributed by atoms with Gasteiger partial charge in [0.15, 0.2) is 0 Å². The molecule has 0 spiro atoms. The summed E-state index contributed by atoms with van der Waals surface area (Å²) in [5.74, 6) is 1.24. The fraction of sp³-hybridized carbons (Fsp3) is 0.333. The van der Waals surface area contributed by atoms with Crippen LogP contribution in [0.5, 0.6) is 0 Å². The van der Waals surface area contributed by atoms with Gasteiger partial charge in [-0.1, -0.05) is 6.07 Å². The van der Waals surface area contributed by atoms with Gasteiger partial charge in [-0.15, -0.1) is 0 Å². The molecule has 0 amide bonds. The van der Waals surface area contributed by atoms with E-state index in [2.05, 4.69) is 15.7 Å². The Morgan fingerprint density at radius 2 is 2.04 bits per heavy atom. The predicted octanol–water partition coefficient (Wildman–Crippen LogP) is 1.81. The number of benzene rings is 1. The van der Waals surface area contributed by atoms with Crippen molar-refractivity contribution in [3.05, 3.63) is 42.7 Å². The van der Waals surface area contributed by atoms with E-state index in [1.54, 1.807) is 6.20 Å². The second kappa shape index (κ2) is 5.72. The summed E-state index contributed by atoms with van der Waals surface area (Å²) < 4.78 is 3.81. The molecule has 1 saturated heterocycles. The molecule has 0 aliphatic carbocycles. The number of anilines is 1. The monoisotopic (exact) mass is 336 g/mol. The lowest BCUT2D eigenvalue weighted by Crippen LogP contribution is -2.33. The van der Waals surface area contributed by atoms with Crippen molar-refractivity contribution in [2.75, 3.05) is 18.4 Å². The lowest BCUT2D eigenvalue weighted by Gasteiger charge is -2.30. The summed E-state index contributed by atoms with van der Waals surface area (Å²) in [6.45, 7) is 2.00. The third-order valence-electron chi connectivity index (χ3n) is 5.04. The first-order chi connectivity index (χ1) is 12.3. The minimum absolute atomic E-state index is 0.402. The number of rotatable bonds is 2. The van der Waals surface area contributed by atoms with Gasteiger partial charge in [-0.3, -0.25) is 0 Å². The molecule has 3 N–H and O–H groups in total. The molecule has 1 aromatic carbocycles. The maximum atomic E-state index is 10.4. The average molecular weight is 336 g/mol. The van der Waals surface area contributed by atoms with Gasteiger partial charge in [0.2, 0.25) is 0 Å². The molecule has 7 nitrogen and oxygen atoms in total. The number of hydrogen-bond donors (Lipinski definition) is 3. The van der Waals surface area contributed by atoms with Crippen molar-refractivity contribution in [2.24, 2.45) is 5.92 Å². The van der Waals surface area contributed by atoms with E-state index in [-0.39, 0.29) is 0 Å². The highest BCUT2D eigenvalue weighted by Gasteiger charge is 2.28. The molecule has 7 heteroatoms. The maximum Gasteiger partial charge on any atom is 0.147 e. The standard InChI is InChI=1S/C18H20N6O/c25-16-11-15(12-5-8-19-9-6-12)24-18(21-16)17-13(22-24)3-1-4-14(17)23-10-2-7-20-23/h1-4,7,10-12,16,19,21,25H,5-6,8-9H2. The van der Waals surface area contributed by atoms with Gasteiger partial charge in [0.05, 0.1) is 16.6 Å². The van der Waals surface area contributed by atoms with E-state index in [4.69, 9.17) is 5.10 Å². The zero-order valence-electron chi connectivity index (χ0n) is 13.8. The van der Waals surface area contributed by atoms with Crippen molar-refractivity contribution < 1.29 is 5.11 Å². The maximum absolute atomic E-state index is 10.4. The molecule has 2 aliphatic rings. The molecule has 3 aromatic rings. The van der Waals surface area contributed by atoms with Crippen LogP contribution in [0, 0.1) is 5.92 Å². The molecule has 0 radical (unpaired) electrons. The van der Waals surface area contributed by atoms with Crippen LogP contribution in [0.4, 0.5) is 5.82 Å². The normalized spacial score (nSPS) is 21.0. The second-order valence-corrected chi connectivity index (χ2v) is 6.59. The SMILES string of the molecule is OC1C=C(C2CCNCC2)n2nc3cccc(-n4cccn4)c3c2N1. The molecular formula is C18H20N6O. The number of hydrogen-bond acceptors (Lipinski definition) is 5. The van der Waals surface area contributed by atoms with Crippen LogP contribution < -0.4 is 10.6 Å². The van der Waals surface area contributed by atoms with Crippen LogP contribution >= 0.6 is 0 Å². The van der Waals surface area contributed by atoms with Gasteiger partial charge >= 0.3 is 0 Å². The number of aliphatic hydroxyl groups is 1. The Balaban J connectivity index is 1.70. The van der Waals surface area contributed by atoms with Gasteiger partial charge in [0, 0.05) is 24.0 Å². The Morgan fingerprint density at radius 1 is 1.16 bits per heavy atom. The van der Waals surface area contributed by atoms with E-state index in [9.17, 15) is 5.11 Å². The van der Waals surface area contributed by atoms with Crippen molar-refractivity contribution in [1.29, 1.82) is 0 Å². The molecule has 0 saturated carbocycles. The lowest BCUT2D eigenvalue weighted by molar-refractivity contribution is 0.247. The predicted molar refractivity (Wildman–Crippen MR) is 96.4 cm³/mol. The second-order valence-electron chi connectivity index (χ2n) is 6.59. The molecule has 1 atom stereocenters. The number of fused-ring (bicyclic) bond motifs is 3. The summed E-state index contributed by atoms with van der Waals surface area (Å²) in [5.41, 5.74) is 2.94. The highest BCUT2D eigenvalue weighted by molar-refractivity contribution is 5.99. The summed E-state index contributed by atoms with van der Waals surface area (Å²) >= 11 is 0. The zero-order chi connectivity index (χ0) is 16.8. The third kappa shape index (κ3) is 2.35. The number of piperidine rings is 1. The van der Waals surface area contributed by atoms with Crippen LogP contribution in [-0.4, -0.2) is 44.0 Å². The van der Waals surface area contributed by atoms with Crippen molar-refractivity contribution >= 4 is 22.4 Å². The van der Waals surface area contributed by atoms with E-state index < -0.39 is 6.23 Å². The first-order valence-corrected chi connectivity index (χ1v) is 8.70. The summed E-state index contributed by atoms with van der Waals surface area (Å²) in [6.07, 6.45) is 6.98. The molecule has 1 unspecified atom stereocenters. The summed E-state index contributed by atoms with van der Waals surface area (Å²) in [5, 5.41) is 27.1. The zero-order valence-corrected chi connectivity index (χ0v) is 13.8. The minimum Gasteiger partial charge on any atom is -0.370 e. The van der Waals surface area contributed by atoms with E-state index in [0.717, 1.165) is 54.0 Å². The van der Waals surface area contributed by atoms with Crippen LogP contribution in [0.3, 0.4) is 0 Å². The van der Waals surface area contributed by atoms with E-state index in [0.29, 0.717) is 5.92 Å². The molecule has 2 aromatic heterocycles. The van der Waals surface area contributed by atoms with Crippen molar-refractivity contribution in [3.63, 3.8) is 0 Å². The Kier molecular flexibility index (Phi) is 3.36. The molecule has 25 heavy (non-hydrogen) atoms. The van der Waals surface area contributed by atoms with Gasteiger partial charge < -0.3 is 15.7 Å². The van der Waals surface area contributed by atoms with Crippen molar-refractivity contribution in [2.45, 2.75) is 19.1 Å². The van der Waals surface area contributed by atoms with Crippen LogP contribution in [-0.2, 0) is 0 Å². The quantitative estimate of drug-likeness (QED) is 0.665. The minimum atomic E-state index is -0.706. The smallest absolute Gasteiger partial charge is 0.147 e. The Morgan fingerprint density at radius 3 is 2.84 bits per heavy atom. The van der Waals surface area contributed by atoms with Gasteiger partial charge in [0.1, 0.15) is 12.0 Å². The van der Waals surface area contributed by atoms with Crippen LogP contribution in [0.2, 0.25) is 0 Å². The summed E-state index contributed by atoms with van der Waals surface area (Å²) in [7, 11) is 0. The molecule has 0 bridgehead atoms. The lowest BCUT2D eigenvalue weighted by atomic mass is 9.93. The fourth-order valence-electron chi connectivity index (χ4n) is 3.88. The third-order valence-corrected chi connectivity index (χ3v) is 5.04. The van der Waals surface area contributed by atoms with E-state index >= 15 is 0 Å². The molecule has 4 heterocycles. The first-order valence-electron chi connectivity index (χ1n) is 8.70. The molecule has 5 rings (SSSR count). The molecular weight excluding hydrogens is 316 g/mol. The number of aromatic nitrogens is 4. The number of aliphatic hydroxyl groups excluding tert-OH is 1. The Bertz CT molecular complexity index is 936. The number of nitrogens with zero attached hydrogens (tertiary/aromatic N) is 4. The van der Waals surface area contributed by atoms with Crippen molar-refractivity contribution in [3.8, 4) is 5.69 Å². The van der Waals surface area contributed by atoms with E-state index in [1.807, 2.05) is 45.9 Å². The van der Waals surface area contributed by atoms with Crippen LogP contribution in [0.25, 0.3) is 22.3 Å². The Hall–Kier alpha value is -2.64. The van der Waals surface area contributed by atoms with Gasteiger partial charge in [0.25, 0.3) is 0 Å². The van der Waals surface area contributed by atoms with Gasteiger partial charge in [-0.05, 0) is 50.2 Å². The Labute approximate surface area is 144 Å². The highest BCUT2D eigenvalue weighted by Crippen LogP contribution is 2.37. The summed E-state index contributed by atoms with van der Waals surface area (Å²) in [6, 6.07) is 7.91. The first kappa shape index (κ1) is 14.7.